The van der Waals surface area contributed by atoms with Crippen molar-refractivity contribution in [2.24, 2.45) is 0 Å². The molecule has 40 heavy (non-hydrogen) atoms. The first-order chi connectivity index (χ1) is 19.1. The van der Waals surface area contributed by atoms with E-state index in [-0.39, 0.29) is 24.5 Å². The minimum Gasteiger partial charge on any atom is -0.493 e. The van der Waals surface area contributed by atoms with Crippen LogP contribution in [-0.2, 0) is 10.9 Å². The molecular formula is C31H40F6O3. The van der Waals surface area contributed by atoms with Crippen LogP contribution in [0.25, 0.3) is 0 Å². The van der Waals surface area contributed by atoms with Gasteiger partial charge in [-0.1, -0.05) is 71.1 Å². The quantitative estimate of drug-likeness (QED) is 0.0845. The van der Waals surface area contributed by atoms with E-state index in [2.05, 4.69) is 11.7 Å². The highest BCUT2D eigenvalue weighted by Gasteiger charge is 2.38. The molecule has 0 unspecified atom stereocenters. The number of ketones is 1. The second-order valence-corrected chi connectivity index (χ2v) is 10.1. The molecule has 0 amide bonds. The van der Waals surface area contributed by atoms with Crippen molar-refractivity contribution in [3.8, 4) is 11.5 Å². The van der Waals surface area contributed by atoms with Gasteiger partial charge in [0.15, 0.2) is 17.5 Å². The molecule has 2 rings (SSSR count). The standard InChI is InChI=1S/C31H40F6O3/c1-2-3-4-5-6-9-12-15-23(38)16-13-10-7-8-11-14-19-39-24-17-18-26(27(32)20-24)31(36,37)40-25-21-28(33)30(35)29(34)22-25/h17-18,20-22H,2-16,19H2,1H3. The summed E-state index contributed by atoms with van der Waals surface area (Å²) in [5.41, 5.74) is -1.16. The van der Waals surface area contributed by atoms with E-state index in [1.807, 2.05) is 0 Å². The van der Waals surface area contributed by atoms with E-state index in [9.17, 15) is 31.1 Å². The second kappa shape index (κ2) is 17.9. The highest BCUT2D eigenvalue weighted by Crippen LogP contribution is 2.35. The molecule has 2 aromatic rings. The average molecular weight is 575 g/mol. The number of benzene rings is 2. The Bertz CT molecular complexity index is 1020. The molecule has 0 spiro atoms. The Morgan fingerprint density at radius 2 is 1.18 bits per heavy atom. The Kier molecular flexibility index (Phi) is 15.0. The molecule has 0 bridgehead atoms. The van der Waals surface area contributed by atoms with E-state index in [4.69, 9.17) is 4.74 Å². The molecule has 0 N–H and O–H groups in total. The van der Waals surface area contributed by atoms with E-state index in [0.717, 1.165) is 63.1 Å². The molecule has 0 saturated heterocycles. The number of rotatable bonds is 21. The topological polar surface area (TPSA) is 35.5 Å². The summed E-state index contributed by atoms with van der Waals surface area (Å²) in [5, 5.41) is 0. The van der Waals surface area contributed by atoms with E-state index >= 15 is 0 Å². The summed E-state index contributed by atoms with van der Waals surface area (Å²) in [5.74, 6) is -7.16. The number of hydrogen-bond donors (Lipinski definition) is 0. The number of carbonyl (C=O) groups excluding carboxylic acids is 1. The SMILES string of the molecule is CCCCCCCCCC(=O)CCCCCCCCOc1ccc(C(F)(F)Oc2cc(F)c(F)c(F)c2)c(F)c1. The third-order valence-corrected chi connectivity index (χ3v) is 6.64. The predicted octanol–water partition coefficient (Wildman–Crippen LogP) is 10.2. The van der Waals surface area contributed by atoms with Gasteiger partial charge in [-0.3, -0.25) is 4.79 Å². The molecule has 2 aromatic carbocycles. The fraction of sp³-hybridized carbons (Fsp3) is 0.581. The molecule has 0 aliphatic carbocycles. The van der Waals surface area contributed by atoms with Gasteiger partial charge in [-0.25, -0.2) is 17.6 Å². The molecule has 0 aliphatic rings. The Morgan fingerprint density at radius 3 is 1.73 bits per heavy atom. The van der Waals surface area contributed by atoms with Gasteiger partial charge < -0.3 is 9.47 Å². The molecule has 0 aromatic heterocycles. The normalized spacial score (nSPS) is 11.6. The minimum absolute atomic E-state index is 0.0513. The lowest BCUT2D eigenvalue weighted by molar-refractivity contribution is -0.187. The summed E-state index contributed by atoms with van der Waals surface area (Å²) >= 11 is 0. The summed E-state index contributed by atoms with van der Waals surface area (Å²) in [6.45, 7) is 2.47. The van der Waals surface area contributed by atoms with Gasteiger partial charge in [-0.2, -0.15) is 8.78 Å². The maximum Gasteiger partial charge on any atom is 0.429 e. The lowest BCUT2D eigenvalue weighted by Crippen LogP contribution is -2.23. The van der Waals surface area contributed by atoms with Crippen LogP contribution in [0.3, 0.4) is 0 Å². The fourth-order valence-corrected chi connectivity index (χ4v) is 4.34. The van der Waals surface area contributed by atoms with Gasteiger partial charge >= 0.3 is 6.11 Å². The van der Waals surface area contributed by atoms with Gasteiger partial charge in [0.05, 0.1) is 6.61 Å². The Balaban J connectivity index is 1.59. The number of unbranched alkanes of at least 4 members (excludes halogenated alkanes) is 11. The van der Waals surface area contributed by atoms with Crippen LogP contribution in [0, 0.1) is 23.3 Å². The first-order valence-corrected chi connectivity index (χ1v) is 14.3. The summed E-state index contributed by atoms with van der Waals surface area (Å²) in [6, 6.07) is 3.18. The number of Topliss-reactive ketones (excluding diaryl/α,β-unsaturated/α-hetero) is 1. The van der Waals surface area contributed by atoms with E-state index < -0.39 is 40.7 Å². The van der Waals surface area contributed by atoms with Crippen molar-refractivity contribution in [1.82, 2.24) is 0 Å². The third kappa shape index (κ3) is 12.2. The molecule has 0 aliphatic heterocycles. The van der Waals surface area contributed by atoms with E-state index in [1.54, 1.807) is 0 Å². The van der Waals surface area contributed by atoms with Crippen molar-refractivity contribution in [3.63, 3.8) is 0 Å². The van der Waals surface area contributed by atoms with Crippen LogP contribution in [0.1, 0.15) is 109 Å². The van der Waals surface area contributed by atoms with Crippen molar-refractivity contribution >= 4 is 5.78 Å². The van der Waals surface area contributed by atoms with Gasteiger partial charge in [0.1, 0.15) is 28.7 Å². The first kappa shape index (κ1) is 33.5. The molecule has 0 radical (unpaired) electrons. The highest BCUT2D eigenvalue weighted by atomic mass is 19.3. The summed E-state index contributed by atoms with van der Waals surface area (Å²) in [6.07, 6.45) is 10.9. The summed E-state index contributed by atoms with van der Waals surface area (Å²) < 4.78 is 92.4. The van der Waals surface area contributed by atoms with Crippen molar-refractivity contribution in [2.75, 3.05) is 6.61 Å². The number of halogens is 6. The predicted molar refractivity (Wildman–Crippen MR) is 143 cm³/mol. The maximum atomic E-state index is 14.4. The molecule has 0 heterocycles. The number of alkyl halides is 2. The molecule has 0 saturated carbocycles. The number of carbonyl (C=O) groups is 1. The molecule has 0 atom stereocenters. The summed E-state index contributed by atoms with van der Waals surface area (Å²) in [7, 11) is 0. The number of hydrogen-bond acceptors (Lipinski definition) is 3. The maximum absolute atomic E-state index is 14.4. The Morgan fingerprint density at radius 1 is 0.675 bits per heavy atom. The zero-order valence-corrected chi connectivity index (χ0v) is 23.2. The van der Waals surface area contributed by atoms with Crippen molar-refractivity contribution in [3.05, 3.63) is 59.2 Å². The molecule has 3 nitrogen and oxygen atoms in total. The van der Waals surface area contributed by atoms with Crippen molar-refractivity contribution in [2.45, 2.75) is 109 Å². The van der Waals surface area contributed by atoms with Crippen LogP contribution >= 0.6 is 0 Å². The molecule has 0 fully saturated rings. The number of ether oxygens (including phenoxy) is 2. The fourth-order valence-electron chi connectivity index (χ4n) is 4.34. The van der Waals surface area contributed by atoms with Gasteiger partial charge in [0.2, 0.25) is 0 Å². The second-order valence-electron chi connectivity index (χ2n) is 10.1. The lowest BCUT2D eigenvalue weighted by atomic mass is 10.0. The smallest absolute Gasteiger partial charge is 0.429 e. The van der Waals surface area contributed by atoms with Crippen molar-refractivity contribution < 1.29 is 40.6 Å². The van der Waals surface area contributed by atoms with Crippen LogP contribution in [0.15, 0.2) is 30.3 Å². The van der Waals surface area contributed by atoms with Gasteiger partial charge in [0, 0.05) is 31.0 Å². The van der Waals surface area contributed by atoms with E-state index in [1.165, 1.54) is 32.1 Å². The van der Waals surface area contributed by atoms with E-state index in [0.29, 0.717) is 25.0 Å². The zero-order valence-electron chi connectivity index (χ0n) is 23.2. The lowest BCUT2D eigenvalue weighted by Gasteiger charge is -2.19. The van der Waals surface area contributed by atoms with Crippen LogP contribution in [0.4, 0.5) is 26.3 Å². The third-order valence-electron chi connectivity index (χ3n) is 6.64. The van der Waals surface area contributed by atoms with Crippen LogP contribution in [-0.4, -0.2) is 12.4 Å². The first-order valence-electron chi connectivity index (χ1n) is 14.3. The molecule has 9 heteroatoms. The Hall–Kier alpha value is -2.71. The van der Waals surface area contributed by atoms with Crippen molar-refractivity contribution in [1.29, 1.82) is 0 Å². The molecular weight excluding hydrogens is 534 g/mol. The zero-order chi connectivity index (χ0) is 29.4. The van der Waals surface area contributed by atoms with Gasteiger partial charge in [0.25, 0.3) is 0 Å². The molecule has 224 valence electrons. The van der Waals surface area contributed by atoms with Crippen LogP contribution in [0.2, 0.25) is 0 Å². The van der Waals surface area contributed by atoms with Crippen LogP contribution < -0.4 is 9.47 Å². The van der Waals surface area contributed by atoms with Gasteiger partial charge in [-0.05, 0) is 31.4 Å². The Labute approximate surface area is 233 Å². The minimum atomic E-state index is -4.27. The highest BCUT2D eigenvalue weighted by molar-refractivity contribution is 5.78. The monoisotopic (exact) mass is 574 g/mol. The largest absolute Gasteiger partial charge is 0.493 e. The van der Waals surface area contributed by atoms with Crippen LogP contribution in [0.5, 0.6) is 11.5 Å². The average Bonchev–Trinajstić information content (AvgIpc) is 2.90. The van der Waals surface area contributed by atoms with Gasteiger partial charge in [-0.15, -0.1) is 0 Å². The summed E-state index contributed by atoms with van der Waals surface area (Å²) in [4.78, 5) is 12.0.